The Kier molecular flexibility index (Phi) is 4.29. The zero-order chi connectivity index (χ0) is 14.9. The van der Waals surface area contributed by atoms with Crippen molar-refractivity contribution >= 4 is 15.5 Å². The molecule has 0 aromatic heterocycles. The number of hydrogen-bond donors (Lipinski definition) is 1. The first-order valence-corrected chi connectivity index (χ1v) is 7.92. The Morgan fingerprint density at radius 3 is 2.35 bits per heavy atom. The molecule has 4 nitrogen and oxygen atoms in total. The molecule has 20 heavy (non-hydrogen) atoms. The first kappa shape index (κ1) is 15.2. The van der Waals surface area contributed by atoms with Crippen LogP contribution in [-0.4, -0.2) is 38.5 Å². The molecule has 1 fully saturated rings. The Balaban J connectivity index is 2.14. The summed E-state index contributed by atoms with van der Waals surface area (Å²) >= 11 is 0. The minimum absolute atomic E-state index is 0.180. The van der Waals surface area contributed by atoms with Gasteiger partial charge in [0.15, 0.2) is 0 Å². The van der Waals surface area contributed by atoms with Crippen LogP contribution in [0.25, 0.3) is 0 Å². The van der Waals surface area contributed by atoms with E-state index < -0.39 is 21.7 Å². The van der Waals surface area contributed by atoms with E-state index in [1.807, 2.05) is 4.90 Å². The van der Waals surface area contributed by atoms with Gasteiger partial charge in [0, 0.05) is 24.7 Å². The van der Waals surface area contributed by atoms with Crippen molar-refractivity contribution < 1.29 is 22.3 Å². The molecule has 0 spiro atoms. The van der Waals surface area contributed by atoms with Gasteiger partial charge in [0.2, 0.25) is 9.84 Å². The summed E-state index contributed by atoms with van der Waals surface area (Å²) < 4.78 is 47.4. The van der Waals surface area contributed by atoms with Crippen molar-refractivity contribution in [3.05, 3.63) is 24.3 Å². The fraction of sp³-hybridized carbons (Fsp3) is 0.538. The molecule has 1 heterocycles. The molecule has 1 aliphatic heterocycles. The number of benzene rings is 1. The largest absolute Gasteiger partial charge is 0.393 e. The highest BCUT2D eigenvalue weighted by atomic mass is 32.2. The van der Waals surface area contributed by atoms with Crippen LogP contribution in [-0.2, 0) is 9.84 Å². The average Bonchev–Trinajstić information content (AvgIpc) is 2.88. The van der Waals surface area contributed by atoms with Gasteiger partial charge in [-0.3, -0.25) is 0 Å². The number of alkyl halides is 2. The summed E-state index contributed by atoms with van der Waals surface area (Å²) in [6, 6.07) is 5.46. The van der Waals surface area contributed by atoms with Gasteiger partial charge in [-0.2, -0.15) is 8.78 Å². The maximum Gasteiger partial charge on any atom is 0.341 e. The summed E-state index contributed by atoms with van der Waals surface area (Å²) in [6.07, 6.45) is 0.466. The zero-order valence-corrected chi connectivity index (χ0v) is 11.9. The van der Waals surface area contributed by atoms with E-state index in [-0.39, 0.29) is 10.8 Å². The van der Waals surface area contributed by atoms with E-state index >= 15 is 0 Å². The number of rotatable bonds is 4. The molecule has 0 saturated carbocycles. The SMILES string of the molecule is CC(O)C1CCN(c2ccc(S(=O)(=O)C(F)F)cc2)C1. The van der Waals surface area contributed by atoms with Gasteiger partial charge in [0.1, 0.15) is 0 Å². The second-order valence-electron chi connectivity index (χ2n) is 5.03. The van der Waals surface area contributed by atoms with Crippen LogP contribution >= 0.6 is 0 Å². The van der Waals surface area contributed by atoms with Crippen LogP contribution in [0.2, 0.25) is 0 Å². The predicted molar refractivity (Wildman–Crippen MR) is 71.6 cm³/mol. The standard InChI is InChI=1S/C13H17F2NO3S/c1-9(17)10-6-7-16(8-10)11-2-4-12(5-3-11)20(18,19)13(14)15/h2-5,9-10,13,17H,6-8H2,1H3. The summed E-state index contributed by atoms with van der Waals surface area (Å²) in [5, 5.41) is 9.54. The fourth-order valence-electron chi connectivity index (χ4n) is 2.37. The molecule has 0 aliphatic carbocycles. The molecule has 1 N–H and O–H groups in total. The van der Waals surface area contributed by atoms with E-state index in [1.165, 1.54) is 24.3 Å². The Hall–Kier alpha value is -1.21. The van der Waals surface area contributed by atoms with Crippen LogP contribution in [0.15, 0.2) is 29.2 Å². The van der Waals surface area contributed by atoms with Crippen LogP contribution < -0.4 is 4.90 Å². The summed E-state index contributed by atoms with van der Waals surface area (Å²) in [6.45, 7) is 3.18. The van der Waals surface area contributed by atoms with Crippen molar-refractivity contribution in [3.63, 3.8) is 0 Å². The second-order valence-corrected chi connectivity index (χ2v) is 6.95. The molecule has 2 rings (SSSR count). The molecule has 7 heteroatoms. The highest BCUT2D eigenvalue weighted by molar-refractivity contribution is 7.91. The van der Waals surface area contributed by atoms with E-state index in [9.17, 15) is 22.3 Å². The first-order chi connectivity index (χ1) is 9.32. The maximum atomic E-state index is 12.4. The van der Waals surface area contributed by atoms with Crippen LogP contribution in [0.1, 0.15) is 13.3 Å². The topological polar surface area (TPSA) is 57.6 Å². The summed E-state index contributed by atoms with van der Waals surface area (Å²) in [4.78, 5) is 1.64. The van der Waals surface area contributed by atoms with Crippen LogP contribution in [0, 0.1) is 5.92 Å². The van der Waals surface area contributed by atoms with Crippen molar-refractivity contribution in [2.75, 3.05) is 18.0 Å². The molecule has 2 unspecified atom stereocenters. The van der Waals surface area contributed by atoms with Crippen molar-refractivity contribution in [2.45, 2.75) is 30.1 Å². The lowest BCUT2D eigenvalue weighted by molar-refractivity contribution is 0.136. The normalized spacial score (nSPS) is 21.4. The van der Waals surface area contributed by atoms with Gasteiger partial charge < -0.3 is 10.0 Å². The molecular formula is C13H17F2NO3S. The second kappa shape index (κ2) is 5.65. The molecule has 1 aromatic rings. The summed E-state index contributed by atoms with van der Waals surface area (Å²) in [5.41, 5.74) is 0.779. The number of hydrogen-bond acceptors (Lipinski definition) is 4. The van der Waals surface area contributed by atoms with Crippen LogP contribution in [0.5, 0.6) is 0 Å². The highest BCUT2D eigenvalue weighted by Crippen LogP contribution is 2.27. The quantitative estimate of drug-likeness (QED) is 0.923. The Morgan fingerprint density at radius 2 is 1.90 bits per heavy atom. The number of aliphatic hydroxyl groups excluding tert-OH is 1. The van der Waals surface area contributed by atoms with E-state index in [0.29, 0.717) is 6.54 Å². The molecule has 0 radical (unpaired) electrons. The summed E-state index contributed by atoms with van der Waals surface area (Å²) in [7, 11) is -4.53. The third-order valence-corrected chi connectivity index (χ3v) is 5.07. The lowest BCUT2D eigenvalue weighted by Gasteiger charge is -2.20. The van der Waals surface area contributed by atoms with Gasteiger partial charge in [-0.15, -0.1) is 0 Å². The minimum Gasteiger partial charge on any atom is -0.393 e. The number of anilines is 1. The van der Waals surface area contributed by atoms with Gasteiger partial charge in [-0.05, 0) is 37.6 Å². The smallest absolute Gasteiger partial charge is 0.341 e. The van der Waals surface area contributed by atoms with Crippen LogP contribution in [0.4, 0.5) is 14.5 Å². The van der Waals surface area contributed by atoms with Gasteiger partial charge in [0.05, 0.1) is 11.0 Å². The lowest BCUT2D eigenvalue weighted by Crippen LogP contribution is -2.23. The Morgan fingerprint density at radius 1 is 1.30 bits per heavy atom. The molecule has 112 valence electrons. The van der Waals surface area contributed by atoms with Crippen molar-refractivity contribution in [1.29, 1.82) is 0 Å². The number of sulfone groups is 1. The number of aliphatic hydroxyl groups is 1. The van der Waals surface area contributed by atoms with E-state index in [0.717, 1.165) is 18.7 Å². The van der Waals surface area contributed by atoms with Gasteiger partial charge in [-0.1, -0.05) is 0 Å². The van der Waals surface area contributed by atoms with Gasteiger partial charge in [0.25, 0.3) is 0 Å². The third-order valence-electron chi connectivity index (χ3n) is 3.67. The van der Waals surface area contributed by atoms with Crippen LogP contribution in [0.3, 0.4) is 0 Å². The Bertz CT molecular complexity index is 557. The molecule has 1 aromatic carbocycles. The molecule has 0 bridgehead atoms. The third kappa shape index (κ3) is 2.93. The lowest BCUT2D eigenvalue weighted by atomic mass is 10.0. The van der Waals surface area contributed by atoms with Crippen molar-refractivity contribution in [1.82, 2.24) is 0 Å². The fourth-order valence-corrected chi connectivity index (χ4v) is 3.09. The highest BCUT2D eigenvalue weighted by Gasteiger charge is 2.28. The van der Waals surface area contributed by atoms with E-state index in [2.05, 4.69) is 0 Å². The zero-order valence-electron chi connectivity index (χ0n) is 11.0. The molecule has 1 saturated heterocycles. The predicted octanol–water partition coefficient (Wildman–Crippen LogP) is 1.89. The van der Waals surface area contributed by atoms with Gasteiger partial charge >= 0.3 is 5.76 Å². The number of nitrogens with zero attached hydrogens (tertiary/aromatic N) is 1. The minimum atomic E-state index is -4.53. The molecule has 0 amide bonds. The van der Waals surface area contributed by atoms with E-state index in [4.69, 9.17) is 0 Å². The van der Waals surface area contributed by atoms with Crippen molar-refractivity contribution in [2.24, 2.45) is 5.92 Å². The van der Waals surface area contributed by atoms with Gasteiger partial charge in [-0.25, -0.2) is 8.42 Å². The maximum absolute atomic E-state index is 12.4. The summed E-state index contributed by atoms with van der Waals surface area (Å²) in [5.74, 6) is -3.22. The number of halogens is 2. The Labute approximate surface area is 116 Å². The molecular weight excluding hydrogens is 288 g/mol. The first-order valence-electron chi connectivity index (χ1n) is 6.37. The van der Waals surface area contributed by atoms with E-state index in [1.54, 1.807) is 6.92 Å². The molecule has 1 aliphatic rings. The average molecular weight is 305 g/mol. The monoisotopic (exact) mass is 305 g/mol. The van der Waals surface area contributed by atoms with Crippen molar-refractivity contribution in [3.8, 4) is 0 Å². The molecule has 2 atom stereocenters.